The molecule has 0 aliphatic heterocycles. The monoisotopic (exact) mass is 775 g/mol. The predicted molar refractivity (Wildman–Crippen MR) is 185 cm³/mol. The average Bonchev–Trinajstić information content (AvgIpc) is 3.37. The zero-order chi connectivity index (χ0) is 33.4. The number of hydrogen-bond donors (Lipinski definition) is 3. The van der Waals surface area contributed by atoms with E-state index in [1.54, 1.807) is 38.2 Å². The summed E-state index contributed by atoms with van der Waals surface area (Å²) >= 11 is 33.7. The highest BCUT2D eigenvalue weighted by atomic mass is 79.9. The molecule has 0 saturated heterocycles. The molecule has 0 saturated carbocycles. The van der Waals surface area contributed by atoms with Crippen LogP contribution < -0.4 is 20.9 Å². The number of halogens is 6. The van der Waals surface area contributed by atoms with Gasteiger partial charge >= 0.3 is 0 Å². The van der Waals surface area contributed by atoms with E-state index in [0.29, 0.717) is 44.0 Å². The molecule has 10 nitrogen and oxygen atoms in total. The van der Waals surface area contributed by atoms with Crippen molar-refractivity contribution in [2.75, 3.05) is 37.4 Å². The van der Waals surface area contributed by atoms with E-state index < -0.39 is 11.8 Å². The Balaban J connectivity index is 0.000000309. The molecular weight excluding hydrogens is 752 g/mol. The van der Waals surface area contributed by atoms with Crippen molar-refractivity contribution in [1.29, 1.82) is 0 Å². The molecule has 238 valence electrons. The van der Waals surface area contributed by atoms with Gasteiger partial charge in [-0.3, -0.25) is 14.4 Å². The van der Waals surface area contributed by atoms with E-state index in [9.17, 15) is 14.4 Å². The number of carbonyl (C=O) groups excluding carboxylic acids is 3. The number of nitrogens with zero attached hydrogens (tertiary/aromatic N) is 4. The highest BCUT2D eigenvalue weighted by Gasteiger charge is 2.27. The molecule has 45 heavy (non-hydrogen) atoms. The van der Waals surface area contributed by atoms with Crippen molar-refractivity contribution in [3.8, 4) is 5.82 Å². The number of carbonyl (C=O) groups is 3. The zero-order valence-corrected chi connectivity index (χ0v) is 29.7. The van der Waals surface area contributed by atoms with Gasteiger partial charge in [-0.2, -0.15) is 5.10 Å². The minimum absolute atomic E-state index is 0.153. The smallest absolute Gasteiger partial charge is 0.276 e. The fourth-order valence-electron chi connectivity index (χ4n) is 4.07. The number of pyridine rings is 1. The van der Waals surface area contributed by atoms with Gasteiger partial charge in [-0.05, 0) is 66.2 Å². The number of nitrogens with one attached hydrogen (secondary N) is 3. The first-order valence-electron chi connectivity index (χ1n) is 13.2. The van der Waals surface area contributed by atoms with Crippen LogP contribution in [0.15, 0.2) is 53.3 Å². The largest absolute Gasteiger partial charge is 0.386 e. The molecule has 0 unspecified atom stereocenters. The number of rotatable bonds is 8. The summed E-state index contributed by atoms with van der Waals surface area (Å²) in [5.41, 5.74) is 1.60. The van der Waals surface area contributed by atoms with Crippen LogP contribution in [0.1, 0.15) is 45.1 Å². The number of benzene rings is 2. The van der Waals surface area contributed by atoms with Crippen molar-refractivity contribution in [3.63, 3.8) is 0 Å². The summed E-state index contributed by atoms with van der Waals surface area (Å²) in [5.74, 6) is -0.789. The highest BCUT2D eigenvalue weighted by molar-refractivity contribution is 9.10. The molecule has 0 fully saturated rings. The second kappa shape index (κ2) is 16.5. The van der Waals surface area contributed by atoms with Crippen LogP contribution in [0.3, 0.4) is 0 Å². The molecule has 2 aromatic heterocycles. The maximum absolute atomic E-state index is 13.4. The van der Waals surface area contributed by atoms with Gasteiger partial charge in [-0.15, -0.1) is 0 Å². The van der Waals surface area contributed by atoms with Crippen molar-refractivity contribution >= 4 is 103 Å². The number of hydrogen-bond acceptors (Lipinski definition) is 6. The Labute approximate surface area is 293 Å². The molecule has 3 N–H and O–H groups in total. The summed E-state index contributed by atoms with van der Waals surface area (Å²) in [5, 5.41) is 14.2. The molecule has 2 aromatic carbocycles. The summed E-state index contributed by atoms with van der Waals surface area (Å²) in [6.45, 7) is 4.60. The standard InChI is InChI=1S/C19H15BrCl3N5O2.C10H12Cl2N2O/c1-3-24-18(29)11-7-10(21)8-13(23)16(11)27(2)19(30)14-9-15(20)26-28(14)17-12(22)5-4-6-25-17;1-3-14-10(15)7-4-6(11)5-8(12)9(7)13-2/h4-9H,3H2,1-2H3,(H,24,29);4-5,13H,3H2,1-2H3,(H,14,15). The lowest BCUT2D eigenvalue weighted by Crippen LogP contribution is -2.32. The fourth-order valence-corrected chi connectivity index (χ4v) is 5.86. The van der Waals surface area contributed by atoms with Gasteiger partial charge < -0.3 is 20.9 Å². The van der Waals surface area contributed by atoms with Gasteiger partial charge in [-0.25, -0.2) is 9.67 Å². The van der Waals surface area contributed by atoms with Crippen molar-refractivity contribution in [2.45, 2.75) is 13.8 Å². The van der Waals surface area contributed by atoms with Crippen LogP contribution in [0.4, 0.5) is 11.4 Å². The molecule has 0 atom stereocenters. The third-order valence-corrected chi connectivity index (χ3v) is 7.68. The molecular formula is C29H27BrCl5N7O3. The third kappa shape index (κ3) is 8.81. The third-order valence-electron chi connectivity index (χ3n) is 5.98. The Hall–Kier alpha value is -3.06. The number of aromatic nitrogens is 3. The van der Waals surface area contributed by atoms with Crippen molar-refractivity contribution in [1.82, 2.24) is 25.4 Å². The molecule has 2 heterocycles. The maximum Gasteiger partial charge on any atom is 0.276 e. The average molecular weight is 779 g/mol. The molecule has 16 heteroatoms. The van der Waals surface area contributed by atoms with E-state index in [-0.39, 0.29) is 38.7 Å². The first-order valence-corrected chi connectivity index (χ1v) is 15.9. The van der Waals surface area contributed by atoms with Gasteiger partial charge in [-0.1, -0.05) is 58.0 Å². The van der Waals surface area contributed by atoms with Crippen LogP contribution in [0.5, 0.6) is 0 Å². The van der Waals surface area contributed by atoms with Crippen LogP contribution in [0.2, 0.25) is 25.1 Å². The summed E-state index contributed by atoms with van der Waals surface area (Å²) in [7, 11) is 3.21. The summed E-state index contributed by atoms with van der Waals surface area (Å²) < 4.78 is 1.73. The van der Waals surface area contributed by atoms with Crippen LogP contribution in [0, 0.1) is 0 Å². The van der Waals surface area contributed by atoms with Crippen LogP contribution >= 0.6 is 73.9 Å². The lowest BCUT2D eigenvalue weighted by molar-refractivity contribution is 0.0947. The first-order chi connectivity index (χ1) is 21.3. The summed E-state index contributed by atoms with van der Waals surface area (Å²) in [6.07, 6.45) is 1.54. The van der Waals surface area contributed by atoms with E-state index in [4.69, 9.17) is 58.0 Å². The lowest BCUT2D eigenvalue weighted by atomic mass is 10.1. The van der Waals surface area contributed by atoms with Gasteiger partial charge in [0.25, 0.3) is 17.7 Å². The Morgan fingerprint density at radius 1 is 0.867 bits per heavy atom. The highest BCUT2D eigenvalue weighted by Crippen LogP contribution is 2.34. The van der Waals surface area contributed by atoms with Crippen LogP contribution in [-0.4, -0.2) is 59.7 Å². The normalized spacial score (nSPS) is 10.4. The Morgan fingerprint density at radius 3 is 2.02 bits per heavy atom. The lowest BCUT2D eigenvalue weighted by Gasteiger charge is -2.22. The first kappa shape index (κ1) is 36.4. The minimum atomic E-state index is -0.482. The van der Waals surface area contributed by atoms with E-state index in [2.05, 4.69) is 42.0 Å². The molecule has 0 aliphatic rings. The molecule has 4 rings (SSSR count). The van der Waals surface area contributed by atoms with E-state index in [1.807, 2.05) is 6.92 Å². The van der Waals surface area contributed by atoms with Crippen molar-refractivity contribution in [3.05, 3.63) is 95.2 Å². The van der Waals surface area contributed by atoms with Gasteiger partial charge in [0.1, 0.15) is 10.3 Å². The second-order valence-electron chi connectivity index (χ2n) is 9.00. The fraction of sp³-hybridized carbons (Fsp3) is 0.207. The molecule has 0 bridgehead atoms. The van der Waals surface area contributed by atoms with Crippen molar-refractivity contribution < 1.29 is 14.4 Å². The quantitative estimate of drug-likeness (QED) is 0.168. The Bertz CT molecular complexity index is 1730. The van der Waals surface area contributed by atoms with Crippen LogP contribution in [-0.2, 0) is 0 Å². The molecule has 0 radical (unpaired) electrons. The number of anilines is 2. The predicted octanol–water partition coefficient (Wildman–Crippen LogP) is 7.80. The van der Waals surface area contributed by atoms with E-state index in [1.165, 1.54) is 41.0 Å². The van der Waals surface area contributed by atoms with Crippen molar-refractivity contribution in [2.24, 2.45) is 0 Å². The van der Waals surface area contributed by atoms with E-state index >= 15 is 0 Å². The Kier molecular flexibility index (Phi) is 13.3. The van der Waals surface area contributed by atoms with Gasteiger partial charge in [0.15, 0.2) is 5.82 Å². The van der Waals surface area contributed by atoms with Gasteiger partial charge in [0.05, 0.1) is 37.6 Å². The second-order valence-corrected chi connectivity index (χ2v) is 11.9. The molecule has 0 spiro atoms. The minimum Gasteiger partial charge on any atom is -0.386 e. The van der Waals surface area contributed by atoms with Gasteiger partial charge in [0, 0.05) is 49.5 Å². The summed E-state index contributed by atoms with van der Waals surface area (Å²) in [6, 6.07) is 10.9. The zero-order valence-electron chi connectivity index (χ0n) is 24.3. The van der Waals surface area contributed by atoms with Crippen LogP contribution in [0.25, 0.3) is 5.82 Å². The SMILES string of the molecule is CCNC(=O)c1cc(Cl)cc(Cl)c1N(C)C(=O)c1cc(Br)nn1-c1ncccc1Cl.CCNC(=O)c1cc(Cl)cc(Cl)c1NC. The maximum atomic E-state index is 13.4. The summed E-state index contributed by atoms with van der Waals surface area (Å²) in [4.78, 5) is 43.1. The topological polar surface area (TPSA) is 121 Å². The van der Waals surface area contributed by atoms with Gasteiger partial charge in [0.2, 0.25) is 0 Å². The molecule has 3 amide bonds. The molecule has 0 aliphatic carbocycles. The number of amides is 3. The van der Waals surface area contributed by atoms with E-state index in [0.717, 1.165) is 0 Å². The molecule has 4 aromatic rings. The Morgan fingerprint density at radius 2 is 1.44 bits per heavy atom.